The van der Waals surface area contributed by atoms with Gasteiger partial charge in [-0.25, -0.2) is 0 Å². The summed E-state index contributed by atoms with van der Waals surface area (Å²) < 4.78 is 13.4. The lowest BCUT2D eigenvalue weighted by Gasteiger charge is -2.26. The fraction of sp³-hybridized carbons (Fsp3) is 0.0833. The van der Waals surface area contributed by atoms with Gasteiger partial charge in [0.25, 0.3) is 0 Å². The fourth-order valence-electron chi connectivity index (χ4n) is 9.17. The molecular weight excluding hydrogens is 609 g/mol. The monoisotopic (exact) mass is 642 g/mol. The number of rotatable bonds is 5. The standard InChI is InChI=1S/C48H34O2/c1-49-47-43(37-27-15-13-25-35(37)41-33-23-11-9-21-31(33)39(45(41)47)29-17-5-3-6-18-29)44-38-28-16-14-26-36(38)42-34-24-12-10-22-32(34)40(46(42)48(44)50-2)30-19-7-4-8-20-30/h3-28,39-40H,1-2H3/t39-,40-/m0/s1. The predicted octanol–water partition coefficient (Wildman–Crippen LogP) is 12.0. The van der Waals surface area contributed by atoms with Crippen LogP contribution in [0.25, 0.3) is 54.9 Å². The van der Waals surface area contributed by atoms with Crippen LogP contribution in [0.15, 0.2) is 158 Å². The zero-order chi connectivity index (χ0) is 33.3. The molecule has 2 nitrogen and oxygen atoms in total. The van der Waals surface area contributed by atoms with Crippen LogP contribution in [-0.2, 0) is 0 Å². The van der Waals surface area contributed by atoms with Gasteiger partial charge in [-0.1, -0.05) is 158 Å². The van der Waals surface area contributed by atoms with E-state index in [9.17, 15) is 0 Å². The first-order chi connectivity index (χ1) is 24.8. The van der Waals surface area contributed by atoms with Gasteiger partial charge in [-0.15, -0.1) is 0 Å². The number of benzene rings is 8. The van der Waals surface area contributed by atoms with Gasteiger partial charge in [-0.2, -0.15) is 0 Å². The van der Waals surface area contributed by atoms with Crippen molar-refractivity contribution in [3.63, 3.8) is 0 Å². The molecule has 0 heterocycles. The van der Waals surface area contributed by atoms with Crippen LogP contribution >= 0.6 is 0 Å². The Morgan fingerprint density at radius 1 is 0.340 bits per heavy atom. The Morgan fingerprint density at radius 3 is 1.04 bits per heavy atom. The van der Waals surface area contributed by atoms with E-state index in [1.807, 2.05) is 14.2 Å². The largest absolute Gasteiger partial charge is 0.496 e. The minimum absolute atomic E-state index is 0.0220. The smallest absolute Gasteiger partial charge is 0.132 e. The Hall–Kier alpha value is -6.12. The Balaban J connectivity index is 1.40. The van der Waals surface area contributed by atoms with Crippen LogP contribution < -0.4 is 9.47 Å². The minimum atomic E-state index is 0.0220. The summed E-state index contributed by atoms with van der Waals surface area (Å²) in [6, 6.07) is 57.2. The second-order valence-electron chi connectivity index (χ2n) is 13.3. The van der Waals surface area contributed by atoms with Gasteiger partial charge in [-0.3, -0.25) is 0 Å². The maximum atomic E-state index is 6.72. The van der Waals surface area contributed by atoms with Crippen LogP contribution in [0, 0.1) is 0 Å². The molecule has 8 aromatic carbocycles. The highest BCUT2D eigenvalue weighted by Crippen LogP contribution is 2.62. The second kappa shape index (κ2) is 11.2. The van der Waals surface area contributed by atoms with Gasteiger partial charge in [0.05, 0.1) is 14.2 Å². The van der Waals surface area contributed by atoms with E-state index in [0.717, 1.165) is 33.4 Å². The topological polar surface area (TPSA) is 18.5 Å². The highest BCUT2D eigenvalue weighted by Gasteiger charge is 2.40. The van der Waals surface area contributed by atoms with E-state index in [1.165, 1.54) is 66.4 Å². The number of methoxy groups -OCH3 is 2. The molecule has 0 bridgehead atoms. The third kappa shape index (κ3) is 3.90. The van der Waals surface area contributed by atoms with E-state index in [2.05, 4.69) is 158 Å². The Kier molecular flexibility index (Phi) is 6.47. The molecule has 238 valence electrons. The maximum Gasteiger partial charge on any atom is 0.132 e. The van der Waals surface area contributed by atoms with Crippen molar-refractivity contribution in [2.24, 2.45) is 0 Å². The van der Waals surface area contributed by atoms with Gasteiger partial charge in [0, 0.05) is 34.1 Å². The predicted molar refractivity (Wildman–Crippen MR) is 206 cm³/mol. The number of ether oxygens (including phenoxy) is 2. The first-order valence-electron chi connectivity index (χ1n) is 17.3. The van der Waals surface area contributed by atoms with Gasteiger partial charge in [0.15, 0.2) is 0 Å². The van der Waals surface area contributed by atoms with Crippen molar-refractivity contribution in [1.29, 1.82) is 0 Å². The summed E-state index contributed by atoms with van der Waals surface area (Å²) in [5.41, 5.74) is 14.7. The molecular formula is C48H34O2. The van der Waals surface area contributed by atoms with Crippen LogP contribution in [0.1, 0.15) is 45.2 Å². The first-order valence-corrected chi connectivity index (χ1v) is 17.3. The molecule has 0 saturated heterocycles. The van der Waals surface area contributed by atoms with E-state index in [0.29, 0.717) is 0 Å². The molecule has 10 rings (SSSR count). The molecule has 2 atom stereocenters. The molecule has 0 spiro atoms. The van der Waals surface area contributed by atoms with Crippen molar-refractivity contribution < 1.29 is 9.47 Å². The Labute approximate surface area is 292 Å². The lowest BCUT2D eigenvalue weighted by molar-refractivity contribution is 0.406. The third-order valence-corrected chi connectivity index (χ3v) is 11.0. The van der Waals surface area contributed by atoms with E-state index in [-0.39, 0.29) is 11.8 Å². The highest BCUT2D eigenvalue weighted by atomic mass is 16.5. The van der Waals surface area contributed by atoms with Gasteiger partial charge in [-0.05, 0) is 66.1 Å². The quantitative estimate of drug-likeness (QED) is 0.186. The number of hydrogen-bond donors (Lipinski definition) is 0. The molecule has 8 aromatic rings. The molecule has 0 N–H and O–H groups in total. The molecule has 2 aliphatic carbocycles. The minimum Gasteiger partial charge on any atom is -0.496 e. The molecule has 0 aromatic heterocycles. The molecule has 0 unspecified atom stereocenters. The average molecular weight is 643 g/mol. The second-order valence-corrected chi connectivity index (χ2v) is 13.3. The van der Waals surface area contributed by atoms with Crippen LogP contribution in [-0.4, -0.2) is 14.2 Å². The summed E-state index contributed by atoms with van der Waals surface area (Å²) in [6.45, 7) is 0. The lowest BCUT2D eigenvalue weighted by atomic mass is 9.81. The summed E-state index contributed by atoms with van der Waals surface area (Å²) >= 11 is 0. The van der Waals surface area contributed by atoms with Crippen LogP contribution in [0.3, 0.4) is 0 Å². The SMILES string of the molecule is COc1c2c(c3ccccc3c1-c1c(OC)c3c(c4ccccc14)-c1ccccc1[C@@H]3c1ccccc1)-c1ccccc1[C@@H]2c1ccccc1. The third-order valence-electron chi connectivity index (χ3n) is 11.0. The van der Waals surface area contributed by atoms with E-state index in [4.69, 9.17) is 9.47 Å². The zero-order valence-electron chi connectivity index (χ0n) is 28.0. The van der Waals surface area contributed by atoms with Gasteiger partial charge < -0.3 is 9.47 Å². The Morgan fingerprint density at radius 2 is 0.660 bits per heavy atom. The fourth-order valence-corrected chi connectivity index (χ4v) is 9.17. The first kappa shape index (κ1) is 28.9. The van der Waals surface area contributed by atoms with Crippen molar-refractivity contribution in [3.05, 3.63) is 191 Å². The van der Waals surface area contributed by atoms with Crippen molar-refractivity contribution in [1.82, 2.24) is 0 Å². The van der Waals surface area contributed by atoms with Crippen LogP contribution in [0.4, 0.5) is 0 Å². The number of hydrogen-bond acceptors (Lipinski definition) is 2. The normalized spacial score (nSPS) is 15.4. The summed E-state index contributed by atoms with van der Waals surface area (Å²) in [4.78, 5) is 0. The average Bonchev–Trinajstić information content (AvgIpc) is 3.72. The van der Waals surface area contributed by atoms with E-state index >= 15 is 0 Å². The van der Waals surface area contributed by atoms with Crippen molar-refractivity contribution in [2.45, 2.75) is 11.8 Å². The molecule has 50 heavy (non-hydrogen) atoms. The van der Waals surface area contributed by atoms with Crippen molar-refractivity contribution in [3.8, 4) is 44.9 Å². The van der Waals surface area contributed by atoms with Gasteiger partial charge >= 0.3 is 0 Å². The molecule has 2 aliphatic rings. The molecule has 0 amide bonds. The summed E-state index contributed by atoms with van der Waals surface area (Å²) in [5.74, 6) is 1.85. The van der Waals surface area contributed by atoms with Crippen LogP contribution in [0.5, 0.6) is 11.5 Å². The van der Waals surface area contributed by atoms with E-state index < -0.39 is 0 Å². The van der Waals surface area contributed by atoms with Crippen molar-refractivity contribution >= 4 is 21.5 Å². The molecule has 2 heteroatoms. The lowest BCUT2D eigenvalue weighted by Crippen LogP contribution is -2.06. The summed E-state index contributed by atoms with van der Waals surface area (Å²) in [6.07, 6.45) is 0. The number of fused-ring (bicyclic) bond motifs is 10. The zero-order valence-corrected chi connectivity index (χ0v) is 28.0. The summed E-state index contributed by atoms with van der Waals surface area (Å²) in [5, 5.41) is 4.75. The molecule has 0 saturated carbocycles. The maximum absolute atomic E-state index is 6.72. The molecule has 0 fully saturated rings. The van der Waals surface area contributed by atoms with Crippen LogP contribution in [0.2, 0.25) is 0 Å². The van der Waals surface area contributed by atoms with E-state index in [1.54, 1.807) is 0 Å². The van der Waals surface area contributed by atoms with Gasteiger partial charge in [0.2, 0.25) is 0 Å². The summed E-state index contributed by atoms with van der Waals surface area (Å²) in [7, 11) is 3.67. The van der Waals surface area contributed by atoms with Gasteiger partial charge in [0.1, 0.15) is 11.5 Å². The Bertz CT molecular complexity index is 2440. The van der Waals surface area contributed by atoms with Crippen molar-refractivity contribution in [2.75, 3.05) is 14.2 Å². The highest BCUT2D eigenvalue weighted by molar-refractivity contribution is 6.19. The molecule has 0 aliphatic heterocycles. The molecule has 0 radical (unpaired) electrons.